The molecule has 11 nitrogen and oxygen atoms in total. The van der Waals surface area contributed by atoms with E-state index in [0.717, 1.165) is 0 Å². The number of benzene rings is 2. The summed E-state index contributed by atoms with van der Waals surface area (Å²) < 4.78 is 33.1. The summed E-state index contributed by atoms with van der Waals surface area (Å²) in [5.41, 5.74) is 0.946. The minimum absolute atomic E-state index is 0.0470. The van der Waals surface area contributed by atoms with Gasteiger partial charge in [-0.1, -0.05) is 0 Å². The number of aliphatic hydroxyl groups is 4. The molecule has 6 atom stereocenters. The van der Waals surface area contributed by atoms with E-state index in [0.29, 0.717) is 28.4 Å². The Morgan fingerprint density at radius 3 is 2.47 bits per heavy atom. The minimum atomic E-state index is -1.57. The van der Waals surface area contributed by atoms with Crippen molar-refractivity contribution in [1.29, 1.82) is 0 Å². The molecule has 4 N–H and O–H groups in total. The van der Waals surface area contributed by atoms with Gasteiger partial charge in [-0.3, -0.25) is 4.79 Å². The highest BCUT2D eigenvalue weighted by Crippen LogP contribution is 2.44. The topological polar surface area (TPSA) is 153 Å². The molecular formula is C23H24O11. The summed E-state index contributed by atoms with van der Waals surface area (Å²) in [6.07, 6.45) is -7.06. The molecule has 5 rings (SSSR count). The Balaban J connectivity index is 1.37. The number of hydrogen-bond acceptors (Lipinski definition) is 11. The highest BCUT2D eigenvalue weighted by molar-refractivity contribution is 6.04. The number of fused-ring (bicyclic) bond motifs is 2. The number of aliphatic hydroxyl groups excluding tert-OH is 4. The fourth-order valence-corrected chi connectivity index (χ4v) is 4.25. The van der Waals surface area contributed by atoms with Crippen molar-refractivity contribution < 1.29 is 53.6 Å². The molecule has 11 heteroatoms. The molecule has 0 amide bonds. The molecule has 1 fully saturated rings. The van der Waals surface area contributed by atoms with Gasteiger partial charge in [0.25, 0.3) is 0 Å². The van der Waals surface area contributed by atoms with Crippen molar-refractivity contribution in [3.63, 3.8) is 0 Å². The van der Waals surface area contributed by atoms with Gasteiger partial charge in [0.1, 0.15) is 48.3 Å². The predicted molar refractivity (Wildman–Crippen MR) is 113 cm³/mol. The Kier molecular flexibility index (Phi) is 5.96. The van der Waals surface area contributed by atoms with Crippen molar-refractivity contribution in [2.24, 2.45) is 0 Å². The quantitative estimate of drug-likeness (QED) is 0.460. The molecule has 0 unspecified atom stereocenters. The maximum atomic E-state index is 13.3. The van der Waals surface area contributed by atoms with Gasteiger partial charge in [-0.2, -0.15) is 0 Å². The van der Waals surface area contributed by atoms with E-state index in [2.05, 4.69) is 0 Å². The van der Waals surface area contributed by atoms with Gasteiger partial charge >= 0.3 is 0 Å². The number of hydrogen-bond donors (Lipinski definition) is 4. The van der Waals surface area contributed by atoms with Crippen LogP contribution in [0.25, 0.3) is 0 Å². The minimum Gasteiger partial charge on any atom is -0.496 e. The van der Waals surface area contributed by atoms with Crippen LogP contribution in [0.4, 0.5) is 0 Å². The average molecular weight is 476 g/mol. The van der Waals surface area contributed by atoms with Gasteiger partial charge in [-0.25, -0.2) is 0 Å². The van der Waals surface area contributed by atoms with Gasteiger partial charge in [-0.15, -0.1) is 0 Å². The molecule has 0 bridgehead atoms. The van der Waals surface area contributed by atoms with Crippen molar-refractivity contribution in [2.45, 2.75) is 36.6 Å². The maximum absolute atomic E-state index is 13.3. The summed E-state index contributed by atoms with van der Waals surface area (Å²) in [7, 11) is 1.51. The number of ketones is 1. The molecule has 0 aliphatic carbocycles. The average Bonchev–Trinajstić information content (AvgIpc) is 3.31. The molecule has 3 aliphatic heterocycles. The molecule has 0 aromatic heterocycles. The lowest BCUT2D eigenvalue weighted by molar-refractivity contribution is -0.277. The number of rotatable bonds is 5. The molecule has 3 heterocycles. The monoisotopic (exact) mass is 476 g/mol. The number of carbonyl (C=O) groups is 1. The summed E-state index contributed by atoms with van der Waals surface area (Å²) >= 11 is 0. The third kappa shape index (κ3) is 3.81. The normalized spacial score (nSPS) is 29.9. The second-order valence-electron chi connectivity index (χ2n) is 8.15. The Hall–Kier alpha value is -3.09. The van der Waals surface area contributed by atoms with Crippen LogP contribution < -0.4 is 23.7 Å². The Morgan fingerprint density at radius 2 is 1.74 bits per heavy atom. The molecule has 182 valence electrons. The summed E-state index contributed by atoms with van der Waals surface area (Å²) in [5.74, 6) is 1.22. The molecule has 2 aromatic carbocycles. The largest absolute Gasteiger partial charge is 0.496 e. The molecule has 0 radical (unpaired) electrons. The number of Topliss-reactive ketones (excluding diaryl/α,β-unsaturated/α-hetero) is 1. The van der Waals surface area contributed by atoms with Crippen molar-refractivity contribution in [1.82, 2.24) is 0 Å². The second-order valence-corrected chi connectivity index (χ2v) is 8.15. The number of methoxy groups -OCH3 is 1. The van der Waals surface area contributed by atoms with E-state index in [4.69, 9.17) is 28.4 Å². The van der Waals surface area contributed by atoms with Crippen molar-refractivity contribution in [2.75, 3.05) is 27.1 Å². The van der Waals surface area contributed by atoms with Crippen molar-refractivity contribution in [3.05, 3.63) is 41.5 Å². The van der Waals surface area contributed by atoms with Gasteiger partial charge in [-0.05, 0) is 18.2 Å². The number of carbonyl (C=O) groups excluding carboxylic acids is 1. The maximum Gasteiger partial charge on any atom is 0.231 e. The predicted octanol–water partition coefficient (Wildman–Crippen LogP) is -0.0385. The first-order valence-corrected chi connectivity index (χ1v) is 10.7. The van der Waals surface area contributed by atoms with Crippen molar-refractivity contribution in [3.8, 4) is 28.7 Å². The zero-order valence-electron chi connectivity index (χ0n) is 18.1. The zero-order chi connectivity index (χ0) is 24.0. The lowest BCUT2D eigenvalue weighted by Crippen LogP contribution is -2.60. The van der Waals surface area contributed by atoms with Crippen LogP contribution in [0, 0.1) is 0 Å². The lowest BCUT2D eigenvalue weighted by atomic mass is 9.88. The van der Waals surface area contributed by atoms with E-state index in [1.54, 1.807) is 12.1 Å². The second kappa shape index (κ2) is 8.93. The fraction of sp³-hybridized carbons (Fsp3) is 0.435. The summed E-state index contributed by atoms with van der Waals surface area (Å²) in [6.45, 7) is -0.431. The zero-order valence-corrected chi connectivity index (χ0v) is 18.1. The first-order chi connectivity index (χ1) is 16.4. The summed E-state index contributed by atoms with van der Waals surface area (Å²) in [6, 6.07) is 7.90. The summed E-state index contributed by atoms with van der Waals surface area (Å²) in [5, 5.41) is 39.4. The van der Waals surface area contributed by atoms with E-state index in [9.17, 15) is 25.2 Å². The molecule has 34 heavy (non-hydrogen) atoms. The van der Waals surface area contributed by atoms with Crippen LogP contribution in [0.2, 0.25) is 0 Å². The van der Waals surface area contributed by atoms with Gasteiger partial charge in [0.05, 0.1) is 25.2 Å². The van der Waals surface area contributed by atoms with Gasteiger partial charge in [0.2, 0.25) is 13.1 Å². The Morgan fingerprint density at radius 1 is 0.971 bits per heavy atom. The van der Waals surface area contributed by atoms with E-state index in [-0.39, 0.29) is 30.7 Å². The van der Waals surface area contributed by atoms with E-state index in [1.165, 1.54) is 25.3 Å². The van der Waals surface area contributed by atoms with Crippen LogP contribution in [0.3, 0.4) is 0 Å². The van der Waals surface area contributed by atoms with Crippen molar-refractivity contribution >= 4 is 5.78 Å². The van der Waals surface area contributed by atoms with E-state index < -0.39 is 43.2 Å². The van der Waals surface area contributed by atoms with E-state index in [1.807, 2.05) is 0 Å². The number of ether oxygens (including phenoxy) is 6. The molecular weight excluding hydrogens is 452 g/mol. The fourth-order valence-electron chi connectivity index (χ4n) is 4.25. The molecule has 0 saturated carbocycles. The van der Waals surface area contributed by atoms with Gasteiger partial charge in [0.15, 0.2) is 17.3 Å². The standard InChI is InChI=1S/C23H24O11/c1-29-14-6-17-16(31-9-32-17)5-12(14)13-8-30-15-4-10(2-3-11(15)19(13)25)33-23-22(28)21(27)20(26)18(7-24)34-23/h2-6,13,18,20-24,26-28H,7-9H2,1H3/t13-,18+,20-,21+,22-,23-/m1/s1. The van der Waals surface area contributed by atoms with Gasteiger partial charge in [0, 0.05) is 17.7 Å². The van der Waals surface area contributed by atoms with E-state index >= 15 is 0 Å². The first kappa shape index (κ1) is 22.7. The Bertz CT molecular complexity index is 1080. The molecule has 0 spiro atoms. The molecule has 3 aliphatic rings. The third-order valence-corrected chi connectivity index (χ3v) is 6.14. The highest BCUT2D eigenvalue weighted by Gasteiger charge is 2.45. The van der Waals surface area contributed by atoms with Crippen LogP contribution in [-0.4, -0.2) is 84.0 Å². The molecule has 2 aromatic rings. The first-order valence-electron chi connectivity index (χ1n) is 10.7. The Labute approximate surface area is 194 Å². The third-order valence-electron chi connectivity index (χ3n) is 6.14. The van der Waals surface area contributed by atoms with Crippen LogP contribution in [0.5, 0.6) is 28.7 Å². The van der Waals surface area contributed by atoms with Crippen LogP contribution >= 0.6 is 0 Å². The summed E-state index contributed by atoms with van der Waals surface area (Å²) in [4.78, 5) is 13.3. The molecule has 1 saturated heterocycles. The van der Waals surface area contributed by atoms with Crippen LogP contribution in [-0.2, 0) is 4.74 Å². The highest BCUT2D eigenvalue weighted by atomic mass is 16.7. The van der Waals surface area contributed by atoms with Gasteiger partial charge < -0.3 is 48.8 Å². The smallest absolute Gasteiger partial charge is 0.231 e. The van der Waals surface area contributed by atoms with Crippen LogP contribution in [0.15, 0.2) is 30.3 Å². The van der Waals surface area contributed by atoms with Crippen LogP contribution in [0.1, 0.15) is 21.8 Å². The lowest BCUT2D eigenvalue weighted by Gasteiger charge is -2.39. The SMILES string of the molecule is COc1cc2c(cc1[C@H]1COc3cc(O[C@@H]4O[C@@H](CO)[C@@H](O)[C@H](O)[C@H]4O)ccc3C1=O)OCO2.